The van der Waals surface area contributed by atoms with Crippen molar-refractivity contribution in [3.63, 3.8) is 0 Å². The summed E-state index contributed by atoms with van der Waals surface area (Å²) in [6.07, 6.45) is 1.15. The topological polar surface area (TPSA) is 86.6 Å². The Morgan fingerprint density at radius 1 is 1.28 bits per heavy atom. The maximum Gasteiger partial charge on any atom is 0.303 e. The number of aromatic hydroxyl groups is 1. The molecule has 1 amide bonds. The number of rotatable bonds is 6. The Bertz CT molecular complexity index is 448. The van der Waals surface area contributed by atoms with E-state index in [2.05, 4.69) is 5.32 Å². The van der Waals surface area contributed by atoms with E-state index in [1.54, 1.807) is 0 Å². The first-order valence-corrected chi connectivity index (χ1v) is 5.87. The molecule has 0 saturated carbocycles. The highest BCUT2D eigenvalue weighted by molar-refractivity contribution is 6.31. The van der Waals surface area contributed by atoms with Gasteiger partial charge in [-0.2, -0.15) is 0 Å². The van der Waals surface area contributed by atoms with Crippen molar-refractivity contribution in [2.45, 2.75) is 19.3 Å². The molecule has 0 fully saturated rings. The average Bonchev–Trinajstić information content (AvgIpc) is 2.31. The molecule has 0 aromatic heterocycles. The fourth-order valence-electron chi connectivity index (χ4n) is 1.39. The van der Waals surface area contributed by atoms with Crippen LogP contribution < -0.4 is 5.32 Å². The normalized spacial score (nSPS) is 10.1. The zero-order valence-corrected chi connectivity index (χ0v) is 10.4. The van der Waals surface area contributed by atoms with E-state index in [0.29, 0.717) is 24.4 Å². The molecule has 0 bridgehead atoms. The van der Waals surface area contributed by atoms with E-state index >= 15 is 0 Å². The Balaban J connectivity index is 2.41. The van der Waals surface area contributed by atoms with Crippen molar-refractivity contribution in [3.05, 3.63) is 28.8 Å². The summed E-state index contributed by atoms with van der Waals surface area (Å²) < 4.78 is 0. The minimum absolute atomic E-state index is 0.0816. The summed E-state index contributed by atoms with van der Waals surface area (Å²) in [6, 6.07) is 4.21. The molecule has 0 heterocycles. The maximum atomic E-state index is 11.7. The summed E-state index contributed by atoms with van der Waals surface area (Å²) in [6.45, 7) is 0.359. The van der Waals surface area contributed by atoms with Gasteiger partial charge in [-0.3, -0.25) is 9.59 Å². The minimum atomic E-state index is -0.853. The monoisotopic (exact) mass is 271 g/mol. The number of carbonyl (C=O) groups is 2. The highest BCUT2D eigenvalue weighted by Gasteiger charge is 2.10. The molecule has 18 heavy (non-hydrogen) atoms. The zero-order chi connectivity index (χ0) is 13.5. The molecule has 1 rings (SSSR count). The summed E-state index contributed by atoms with van der Waals surface area (Å²) in [4.78, 5) is 21.9. The maximum absolute atomic E-state index is 11.7. The first-order chi connectivity index (χ1) is 8.50. The van der Waals surface area contributed by atoms with Crippen LogP contribution in [-0.4, -0.2) is 28.6 Å². The molecule has 0 aliphatic rings. The molecule has 5 nitrogen and oxygen atoms in total. The van der Waals surface area contributed by atoms with Crippen molar-refractivity contribution in [2.75, 3.05) is 6.54 Å². The number of benzene rings is 1. The molecule has 0 aliphatic carbocycles. The number of hydrogen-bond acceptors (Lipinski definition) is 3. The molecule has 0 unspecified atom stereocenters. The molecule has 98 valence electrons. The summed E-state index contributed by atoms with van der Waals surface area (Å²) in [7, 11) is 0. The summed E-state index contributed by atoms with van der Waals surface area (Å²) in [5.74, 6) is -1.42. The van der Waals surface area contributed by atoms with Crippen LogP contribution in [0.4, 0.5) is 0 Å². The number of unbranched alkanes of at least 4 members (excludes halogenated alkanes) is 1. The molecular formula is C12H14ClNO4. The van der Waals surface area contributed by atoms with Crippen LogP contribution in [0.15, 0.2) is 18.2 Å². The van der Waals surface area contributed by atoms with E-state index in [1.165, 1.54) is 18.2 Å². The lowest BCUT2D eigenvalue weighted by atomic mass is 10.2. The SMILES string of the molecule is O=C(O)CCCCNC(=O)c1cc(Cl)ccc1O. The second kappa shape index (κ2) is 6.86. The molecule has 0 radical (unpaired) electrons. The third-order valence-corrected chi connectivity index (χ3v) is 2.54. The molecule has 3 N–H and O–H groups in total. The van der Waals surface area contributed by atoms with E-state index in [0.717, 1.165) is 0 Å². The van der Waals surface area contributed by atoms with E-state index in [9.17, 15) is 14.7 Å². The van der Waals surface area contributed by atoms with Gasteiger partial charge in [-0.25, -0.2) is 0 Å². The highest BCUT2D eigenvalue weighted by Crippen LogP contribution is 2.21. The molecular weight excluding hydrogens is 258 g/mol. The van der Waals surface area contributed by atoms with Crippen molar-refractivity contribution < 1.29 is 19.8 Å². The number of phenols is 1. The summed E-state index contributed by atoms with van der Waals surface area (Å²) >= 11 is 5.72. The van der Waals surface area contributed by atoms with Gasteiger partial charge in [0.2, 0.25) is 0 Å². The van der Waals surface area contributed by atoms with Gasteiger partial charge in [0.1, 0.15) is 5.75 Å². The lowest BCUT2D eigenvalue weighted by Crippen LogP contribution is -2.24. The number of nitrogens with one attached hydrogen (secondary N) is 1. The minimum Gasteiger partial charge on any atom is -0.507 e. The van der Waals surface area contributed by atoms with Crippen LogP contribution in [0.5, 0.6) is 5.75 Å². The third kappa shape index (κ3) is 4.63. The first-order valence-electron chi connectivity index (χ1n) is 5.49. The van der Waals surface area contributed by atoms with Gasteiger partial charge in [0.25, 0.3) is 5.91 Å². The Kier molecular flexibility index (Phi) is 5.45. The molecule has 1 aromatic carbocycles. The average molecular weight is 272 g/mol. The predicted molar refractivity (Wildman–Crippen MR) is 66.9 cm³/mol. The number of phenolic OH excluding ortho intramolecular Hbond substituents is 1. The zero-order valence-electron chi connectivity index (χ0n) is 9.65. The van der Waals surface area contributed by atoms with Crippen LogP contribution >= 0.6 is 11.6 Å². The van der Waals surface area contributed by atoms with Crippen molar-refractivity contribution >= 4 is 23.5 Å². The lowest BCUT2D eigenvalue weighted by molar-refractivity contribution is -0.137. The molecule has 1 aromatic rings. The quantitative estimate of drug-likeness (QED) is 0.691. The lowest BCUT2D eigenvalue weighted by Gasteiger charge is -2.06. The Morgan fingerprint density at radius 3 is 2.67 bits per heavy atom. The van der Waals surface area contributed by atoms with Gasteiger partial charge in [-0.15, -0.1) is 0 Å². The van der Waals surface area contributed by atoms with Crippen molar-refractivity contribution in [1.29, 1.82) is 0 Å². The van der Waals surface area contributed by atoms with Gasteiger partial charge in [0.05, 0.1) is 5.56 Å². The summed E-state index contributed by atoms with van der Waals surface area (Å²) in [5.41, 5.74) is 0.112. The van der Waals surface area contributed by atoms with Crippen molar-refractivity contribution in [3.8, 4) is 5.75 Å². The first kappa shape index (κ1) is 14.3. The standard InChI is InChI=1S/C12H14ClNO4/c13-8-4-5-10(15)9(7-8)12(18)14-6-2-1-3-11(16)17/h4-5,7,15H,1-3,6H2,(H,14,18)(H,16,17). The van der Waals surface area contributed by atoms with E-state index in [1.807, 2.05) is 0 Å². The number of aliphatic carboxylic acids is 1. The van der Waals surface area contributed by atoms with Crippen LogP contribution in [-0.2, 0) is 4.79 Å². The summed E-state index contributed by atoms with van der Waals surface area (Å²) in [5, 5.41) is 20.9. The smallest absolute Gasteiger partial charge is 0.303 e. The van der Waals surface area contributed by atoms with Crippen LogP contribution in [0.3, 0.4) is 0 Å². The van der Waals surface area contributed by atoms with Gasteiger partial charge in [0.15, 0.2) is 0 Å². The Labute approximate surface area is 109 Å². The fraction of sp³-hybridized carbons (Fsp3) is 0.333. The molecule has 0 atom stereocenters. The number of carbonyl (C=O) groups excluding carboxylic acids is 1. The highest BCUT2D eigenvalue weighted by atomic mass is 35.5. The van der Waals surface area contributed by atoms with Crippen molar-refractivity contribution in [1.82, 2.24) is 5.32 Å². The number of amides is 1. The van der Waals surface area contributed by atoms with Gasteiger partial charge in [-0.1, -0.05) is 11.6 Å². The van der Waals surface area contributed by atoms with Gasteiger partial charge in [0, 0.05) is 18.0 Å². The van der Waals surface area contributed by atoms with Gasteiger partial charge >= 0.3 is 5.97 Å². The van der Waals surface area contributed by atoms with Crippen molar-refractivity contribution in [2.24, 2.45) is 0 Å². The molecule has 0 spiro atoms. The van der Waals surface area contributed by atoms with E-state index in [-0.39, 0.29) is 17.7 Å². The van der Waals surface area contributed by atoms with Gasteiger partial charge in [-0.05, 0) is 31.0 Å². The Hall–Kier alpha value is -1.75. The van der Waals surface area contributed by atoms with E-state index in [4.69, 9.17) is 16.7 Å². The predicted octanol–water partition coefficient (Wildman–Crippen LogP) is 2.03. The number of carboxylic acid groups (broad SMARTS) is 1. The molecule has 6 heteroatoms. The third-order valence-electron chi connectivity index (χ3n) is 2.31. The number of carboxylic acids is 1. The fourth-order valence-corrected chi connectivity index (χ4v) is 1.56. The number of halogens is 1. The van der Waals surface area contributed by atoms with E-state index < -0.39 is 11.9 Å². The van der Waals surface area contributed by atoms with Crippen LogP contribution in [0, 0.1) is 0 Å². The van der Waals surface area contributed by atoms with Gasteiger partial charge < -0.3 is 15.5 Å². The molecule has 0 aliphatic heterocycles. The second-order valence-electron chi connectivity index (χ2n) is 3.77. The second-order valence-corrected chi connectivity index (χ2v) is 4.20. The largest absolute Gasteiger partial charge is 0.507 e. The van der Waals surface area contributed by atoms with Crippen LogP contribution in [0.25, 0.3) is 0 Å². The Morgan fingerprint density at radius 2 is 2.00 bits per heavy atom. The van der Waals surface area contributed by atoms with Crippen LogP contribution in [0.2, 0.25) is 5.02 Å². The number of hydrogen-bond donors (Lipinski definition) is 3. The van der Waals surface area contributed by atoms with Crippen LogP contribution in [0.1, 0.15) is 29.6 Å². The molecule has 0 saturated heterocycles.